The lowest BCUT2D eigenvalue weighted by Crippen LogP contribution is -2.15. The van der Waals surface area contributed by atoms with E-state index in [1.165, 1.54) is 0 Å². The van der Waals surface area contributed by atoms with Gasteiger partial charge in [-0.3, -0.25) is 4.79 Å². The van der Waals surface area contributed by atoms with Crippen molar-refractivity contribution in [2.24, 2.45) is 5.92 Å². The number of ether oxygens (including phenoxy) is 2. The molecule has 1 N–H and O–H groups in total. The maximum atomic E-state index is 10.9. The number of hydrogen-bond donors (Lipinski definition) is 1. The van der Waals surface area contributed by atoms with Crippen molar-refractivity contribution in [1.82, 2.24) is 0 Å². The van der Waals surface area contributed by atoms with Crippen LogP contribution in [0.15, 0.2) is 18.2 Å². The Labute approximate surface area is 107 Å². The molecule has 0 spiro atoms. The van der Waals surface area contributed by atoms with E-state index < -0.39 is 5.97 Å². The fourth-order valence-electron chi connectivity index (χ4n) is 2.32. The molecule has 0 aliphatic heterocycles. The van der Waals surface area contributed by atoms with Gasteiger partial charge in [0.25, 0.3) is 0 Å². The SMILES string of the molecule is COc1cc(C)ccc1OC1CCC(C(=O)O)C1. The molecule has 1 aliphatic carbocycles. The molecule has 1 aromatic carbocycles. The Morgan fingerprint density at radius 3 is 2.72 bits per heavy atom. The van der Waals surface area contributed by atoms with Gasteiger partial charge in [-0.1, -0.05) is 6.07 Å². The van der Waals surface area contributed by atoms with Crippen LogP contribution in [-0.2, 0) is 4.79 Å². The van der Waals surface area contributed by atoms with Crippen LogP contribution in [0, 0.1) is 12.8 Å². The van der Waals surface area contributed by atoms with Crippen molar-refractivity contribution in [1.29, 1.82) is 0 Å². The first-order valence-electron chi connectivity index (χ1n) is 6.14. The summed E-state index contributed by atoms with van der Waals surface area (Å²) in [6, 6.07) is 5.75. The Kier molecular flexibility index (Phi) is 3.75. The smallest absolute Gasteiger partial charge is 0.306 e. The Balaban J connectivity index is 2.04. The molecule has 0 bridgehead atoms. The van der Waals surface area contributed by atoms with E-state index in [4.69, 9.17) is 14.6 Å². The van der Waals surface area contributed by atoms with E-state index in [9.17, 15) is 4.79 Å². The van der Waals surface area contributed by atoms with Gasteiger partial charge < -0.3 is 14.6 Å². The molecule has 0 aromatic heterocycles. The molecule has 18 heavy (non-hydrogen) atoms. The summed E-state index contributed by atoms with van der Waals surface area (Å²) in [5.41, 5.74) is 1.11. The molecular formula is C14H18O4. The minimum Gasteiger partial charge on any atom is -0.493 e. The summed E-state index contributed by atoms with van der Waals surface area (Å²) >= 11 is 0. The van der Waals surface area contributed by atoms with Gasteiger partial charge in [0.1, 0.15) is 0 Å². The van der Waals surface area contributed by atoms with Crippen LogP contribution in [0.2, 0.25) is 0 Å². The van der Waals surface area contributed by atoms with E-state index in [1.54, 1.807) is 7.11 Å². The third-order valence-electron chi connectivity index (χ3n) is 3.35. The Morgan fingerprint density at radius 1 is 1.33 bits per heavy atom. The number of aliphatic carboxylic acids is 1. The zero-order valence-electron chi connectivity index (χ0n) is 10.7. The zero-order valence-corrected chi connectivity index (χ0v) is 10.7. The Bertz CT molecular complexity index is 441. The fourth-order valence-corrected chi connectivity index (χ4v) is 2.32. The molecule has 0 radical (unpaired) electrons. The summed E-state index contributed by atoms with van der Waals surface area (Å²) < 4.78 is 11.1. The summed E-state index contributed by atoms with van der Waals surface area (Å²) in [5.74, 6) is 0.399. The number of carboxylic acid groups (broad SMARTS) is 1. The molecule has 2 atom stereocenters. The normalized spacial score (nSPS) is 22.8. The van der Waals surface area contributed by atoms with Crippen LogP contribution in [0.4, 0.5) is 0 Å². The van der Waals surface area contributed by atoms with Gasteiger partial charge in [0.2, 0.25) is 0 Å². The number of carboxylic acids is 1. The maximum Gasteiger partial charge on any atom is 0.306 e. The van der Waals surface area contributed by atoms with Gasteiger partial charge >= 0.3 is 5.97 Å². The number of hydrogen-bond acceptors (Lipinski definition) is 3. The number of rotatable bonds is 4. The first-order chi connectivity index (χ1) is 8.60. The predicted molar refractivity (Wildman–Crippen MR) is 67.1 cm³/mol. The molecule has 1 fully saturated rings. The van der Waals surface area contributed by atoms with Crippen molar-refractivity contribution in [3.05, 3.63) is 23.8 Å². The minimum atomic E-state index is -0.725. The van der Waals surface area contributed by atoms with Crippen LogP contribution >= 0.6 is 0 Å². The van der Waals surface area contributed by atoms with Crippen molar-refractivity contribution in [3.63, 3.8) is 0 Å². The topological polar surface area (TPSA) is 55.8 Å². The van der Waals surface area contributed by atoms with Crippen molar-refractivity contribution in [3.8, 4) is 11.5 Å². The molecule has 98 valence electrons. The first-order valence-corrected chi connectivity index (χ1v) is 6.14. The van der Waals surface area contributed by atoms with Gasteiger partial charge in [-0.25, -0.2) is 0 Å². The molecule has 0 amide bonds. The summed E-state index contributed by atoms with van der Waals surface area (Å²) in [4.78, 5) is 10.9. The first kappa shape index (κ1) is 12.7. The van der Waals surface area contributed by atoms with Gasteiger partial charge in [0, 0.05) is 0 Å². The summed E-state index contributed by atoms with van der Waals surface area (Å²) in [6.45, 7) is 1.99. The molecule has 1 aliphatic rings. The highest BCUT2D eigenvalue weighted by molar-refractivity contribution is 5.70. The Hall–Kier alpha value is -1.71. The number of benzene rings is 1. The molecule has 1 saturated carbocycles. The van der Waals surface area contributed by atoms with Crippen LogP contribution in [0.1, 0.15) is 24.8 Å². The Morgan fingerprint density at radius 2 is 2.11 bits per heavy atom. The molecule has 2 rings (SSSR count). The van der Waals surface area contributed by atoms with Gasteiger partial charge in [-0.15, -0.1) is 0 Å². The van der Waals surface area contributed by atoms with E-state index in [0.29, 0.717) is 24.3 Å². The molecule has 0 heterocycles. The van der Waals surface area contributed by atoms with Gasteiger partial charge in [-0.2, -0.15) is 0 Å². The van der Waals surface area contributed by atoms with Crippen molar-refractivity contribution < 1.29 is 19.4 Å². The average molecular weight is 250 g/mol. The number of aryl methyl sites for hydroxylation is 1. The molecule has 2 unspecified atom stereocenters. The standard InChI is InChI=1S/C14H18O4/c1-9-3-6-12(13(7-9)17-2)18-11-5-4-10(8-11)14(15)16/h3,6-7,10-11H,4-5,8H2,1-2H3,(H,15,16). The maximum absolute atomic E-state index is 10.9. The van der Waals surface area contributed by atoms with E-state index in [-0.39, 0.29) is 12.0 Å². The average Bonchev–Trinajstić information content (AvgIpc) is 2.80. The lowest BCUT2D eigenvalue weighted by Gasteiger charge is -2.16. The van der Waals surface area contributed by atoms with E-state index in [1.807, 2.05) is 25.1 Å². The van der Waals surface area contributed by atoms with Crippen LogP contribution < -0.4 is 9.47 Å². The predicted octanol–water partition coefficient (Wildman–Crippen LogP) is 2.64. The third-order valence-corrected chi connectivity index (χ3v) is 3.35. The molecular weight excluding hydrogens is 232 g/mol. The number of methoxy groups -OCH3 is 1. The fraction of sp³-hybridized carbons (Fsp3) is 0.500. The van der Waals surface area contributed by atoms with Crippen LogP contribution in [-0.4, -0.2) is 24.3 Å². The van der Waals surface area contributed by atoms with Gasteiger partial charge in [0.05, 0.1) is 19.1 Å². The second-order valence-electron chi connectivity index (χ2n) is 4.74. The lowest BCUT2D eigenvalue weighted by molar-refractivity contribution is -0.141. The highest BCUT2D eigenvalue weighted by Gasteiger charge is 2.31. The highest BCUT2D eigenvalue weighted by atomic mass is 16.5. The summed E-state index contributed by atoms with van der Waals surface area (Å²) in [6.07, 6.45) is 2.02. The summed E-state index contributed by atoms with van der Waals surface area (Å²) in [5, 5.41) is 8.95. The van der Waals surface area contributed by atoms with E-state index >= 15 is 0 Å². The molecule has 4 nitrogen and oxygen atoms in total. The van der Waals surface area contributed by atoms with Crippen LogP contribution in [0.3, 0.4) is 0 Å². The number of carbonyl (C=O) groups is 1. The van der Waals surface area contributed by atoms with Crippen LogP contribution in [0.25, 0.3) is 0 Å². The molecule has 4 heteroatoms. The van der Waals surface area contributed by atoms with Crippen molar-refractivity contribution in [2.75, 3.05) is 7.11 Å². The van der Waals surface area contributed by atoms with Crippen LogP contribution in [0.5, 0.6) is 11.5 Å². The van der Waals surface area contributed by atoms with Gasteiger partial charge in [-0.05, 0) is 43.9 Å². The lowest BCUT2D eigenvalue weighted by atomic mass is 10.1. The molecule has 1 aromatic rings. The van der Waals surface area contributed by atoms with E-state index in [2.05, 4.69) is 0 Å². The highest BCUT2D eigenvalue weighted by Crippen LogP contribution is 2.34. The van der Waals surface area contributed by atoms with Crippen molar-refractivity contribution >= 4 is 5.97 Å². The van der Waals surface area contributed by atoms with Gasteiger partial charge in [0.15, 0.2) is 11.5 Å². The zero-order chi connectivity index (χ0) is 13.1. The monoisotopic (exact) mass is 250 g/mol. The van der Waals surface area contributed by atoms with Crippen molar-refractivity contribution in [2.45, 2.75) is 32.3 Å². The molecule has 0 saturated heterocycles. The minimum absolute atomic E-state index is 0.0253. The third kappa shape index (κ3) is 2.75. The van der Waals surface area contributed by atoms with E-state index in [0.717, 1.165) is 12.0 Å². The second-order valence-corrected chi connectivity index (χ2v) is 4.74. The quantitative estimate of drug-likeness (QED) is 0.892. The second kappa shape index (κ2) is 5.29. The summed E-state index contributed by atoms with van der Waals surface area (Å²) in [7, 11) is 1.61. The largest absolute Gasteiger partial charge is 0.493 e.